The van der Waals surface area contributed by atoms with E-state index in [9.17, 15) is 0 Å². The summed E-state index contributed by atoms with van der Waals surface area (Å²) >= 11 is 0. The first-order valence-electron chi connectivity index (χ1n) is 21.3. The molecule has 0 N–H and O–H groups in total. The molecule has 288 valence electrons. The number of hydrogen-bond acceptors (Lipinski definition) is 0. The molecule has 2 aromatic heterocycles. The second-order valence-electron chi connectivity index (χ2n) is 17.0. The van der Waals surface area contributed by atoms with Gasteiger partial charge in [0.2, 0.25) is 0 Å². The van der Waals surface area contributed by atoms with E-state index in [0.717, 1.165) is 5.69 Å². The first-order chi connectivity index (χ1) is 30.0. The summed E-state index contributed by atoms with van der Waals surface area (Å²) < 4.78 is 4.77. The number of benzene rings is 9. The summed E-state index contributed by atoms with van der Waals surface area (Å²) in [5, 5.41) is 5.06. The molecule has 0 saturated heterocycles. The Morgan fingerprint density at radius 2 is 0.770 bits per heavy atom. The zero-order valence-corrected chi connectivity index (χ0v) is 34.2. The molecule has 0 radical (unpaired) electrons. The third-order valence-corrected chi connectivity index (χ3v) is 13.1. The van der Waals surface area contributed by atoms with Crippen LogP contribution in [-0.2, 0) is 5.41 Å². The second kappa shape index (κ2) is 13.7. The summed E-state index contributed by atoms with van der Waals surface area (Å²) in [6, 6.07) is 75.6. The second-order valence-corrected chi connectivity index (χ2v) is 17.0. The van der Waals surface area contributed by atoms with Gasteiger partial charge in [0.25, 0.3) is 0 Å². The molecule has 11 aromatic rings. The Kier molecular flexibility index (Phi) is 7.92. The average Bonchev–Trinajstić information content (AvgIpc) is 3.91. The fourth-order valence-corrected chi connectivity index (χ4v) is 10.0. The van der Waals surface area contributed by atoms with Crippen molar-refractivity contribution in [1.29, 1.82) is 0 Å². The third kappa shape index (κ3) is 5.64. The topological polar surface area (TPSA) is 9.86 Å². The molecule has 12 rings (SSSR count). The standard InChI is InChI=1S/C59H42N2/c1-59(2)53-36-40(22-21-39-24-33-57-51(35-39)49-17-9-11-19-55(49)60(57)45-15-7-4-8-16-45)23-31-47(53)48-32-27-44(38-54(48)59)43-28-34-58-52(37-43)50-18-10-12-20-56(50)61(58)46-29-25-42(26-30-46)41-13-5-3-6-14-41/h3-38H,1-2H3. The Bertz CT molecular complexity index is 3530. The highest BCUT2D eigenvalue weighted by molar-refractivity contribution is 6.11. The molecule has 61 heavy (non-hydrogen) atoms. The van der Waals surface area contributed by atoms with Crippen LogP contribution in [0.4, 0.5) is 0 Å². The van der Waals surface area contributed by atoms with Crippen LogP contribution in [0.1, 0.15) is 36.1 Å². The van der Waals surface area contributed by atoms with Crippen molar-refractivity contribution in [2.75, 3.05) is 0 Å². The van der Waals surface area contributed by atoms with Crippen LogP contribution in [0.15, 0.2) is 206 Å². The van der Waals surface area contributed by atoms with E-state index in [1.54, 1.807) is 0 Å². The number of para-hydroxylation sites is 3. The summed E-state index contributed by atoms with van der Waals surface area (Å²) in [6.07, 6.45) is 4.53. The van der Waals surface area contributed by atoms with Gasteiger partial charge in [0.15, 0.2) is 0 Å². The van der Waals surface area contributed by atoms with E-state index in [2.05, 4.69) is 241 Å². The number of nitrogens with zero attached hydrogens (tertiary/aromatic N) is 2. The van der Waals surface area contributed by atoms with Gasteiger partial charge >= 0.3 is 0 Å². The molecule has 2 nitrogen and oxygen atoms in total. The van der Waals surface area contributed by atoms with Crippen molar-refractivity contribution < 1.29 is 0 Å². The predicted molar refractivity (Wildman–Crippen MR) is 259 cm³/mol. The molecule has 0 amide bonds. The molecule has 1 aliphatic carbocycles. The van der Waals surface area contributed by atoms with E-state index >= 15 is 0 Å². The van der Waals surface area contributed by atoms with E-state index < -0.39 is 0 Å². The molecule has 0 fully saturated rings. The summed E-state index contributed by atoms with van der Waals surface area (Å²) in [5.41, 5.74) is 19.8. The summed E-state index contributed by atoms with van der Waals surface area (Å²) in [6.45, 7) is 4.76. The first-order valence-corrected chi connectivity index (χ1v) is 21.3. The van der Waals surface area contributed by atoms with Gasteiger partial charge in [0, 0.05) is 38.3 Å². The number of aromatic nitrogens is 2. The molecular weight excluding hydrogens is 737 g/mol. The van der Waals surface area contributed by atoms with E-state index in [4.69, 9.17) is 0 Å². The highest BCUT2D eigenvalue weighted by atomic mass is 15.0. The van der Waals surface area contributed by atoms with Crippen molar-refractivity contribution >= 4 is 55.8 Å². The fourth-order valence-electron chi connectivity index (χ4n) is 10.0. The maximum absolute atomic E-state index is 2.44. The van der Waals surface area contributed by atoms with Gasteiger partial charge in [-0.15, -0.1) is 0 Å². The van der Waals surface area contributed by atoms with Crippen LogP contribution in [0.2, 0.25) is 0 Å². The van der Waals surface area contributed by atoms with Gasteiger partial charge in [-0.3, -0.25) is 0 Å². The minimum atomic E-state index is -0.144. The van der Waals surface area contributed by atoms with E-state index in [1.807, 2.05) is 0 Å². The monoisotopic (exact) mass is 778 g/mol. The van der Waals surface area contributed by atoms with Crippen LogP contribution >= 0.6 is 0 Å². The lowest BCUT2D eigenvalue weighted by Crippen LogP contribution is -2.15. The van der Waals surface area contributed by atoms with Crippen LogP contribution in [0, 0.1) is 0 Å². The highest BCUT2D eigenvalue weighted by Crippen LogP contribution is 2.50. The van der Waals surface area contributed by atoms with E-state index in [-0.39, 0.29) is 5.41 Å². The summed E-state index contributed by atoms with van der Waals surface area (Å²) in [7, 11) is 0. The molecule has 0 saturated carbocycles. The van der Waals surface area contributed by atoms with Crippen molar-refractivity contribution in [3.8, 4) is 44.8 Å². The Balaban J connectivity index is 0.865. The quantitative estimate of drug-likeness (QED) is 0.149. The number of rotatable bonds is 6. The lowest BCUT2D eigenvalue weighted by atomic mass is 9.81. The van der Waals surface area contributed by atoms with Crippen molar-refractivity contribution in [3.05, 3.63) is 229 Å². The van der Waals surface area contributed by atoms with E-state index in [0.29, 0.717) is 0 Å². The van der Waals surface area contributed by atoms with Crippen LogP contribution in [0.3, 0.4) is 0 Å². The molecule has 0 aliphatic heterocycles. The zero-order chi connectivity index (χ0) is 40.7. The summed E-state index contributed by atoms with van der Waals surface area (Å²) in [5.74, 6) is 0. The van der Waals surface area contributed by atoms with Crippen LogP contribution in [-0.4, -0.2) is 9.13 Å². The van der Waals surface area contributed by atoms with Crippen molar-refractivity contribution in [2.45, 2.75) is 19.3 Å². The molecule has 9 aromatic carbocycles. The predicted octanol–water partition coefficient (Wildman–Crippen LogP) is 15.7. The van der Waals surface area contributed by atoms with Gasteiger partial charge in [-0.2, -0.15) is 0 Å². The van der Waals surface area contributed by atoms with Gasteiger partial charge in [0.05, 0.1) is 22.1 Å². The van der Waals surface area contributed by atoms with Gasteiger partial charge < -0.3 is 9.13 Å². The van der Waals surface area contributed by atoms with Crippen LogP contribution in [0.5, 0.6) is 0 Å². The Hall–Kier alpha value is -7.68. The minimum absolute atomic E-state index is 0.144. The molecular formula is C59H42N2. The maximum Gasteiger partial charge on any atom is 0.0541 e. The molecule has 2 heteroatoms. The minimum Gasteiger partial charge on any atom is -0.309 e. The fraction of sp³-hybridized carbons (Fsp3) is 0.0508. The maximum atomic E-state index is 2.44. The first kappa shape index (κ1) is 35.3. The molecule has 0 bridgehead atoms. The Labute approximate surface area is 355 Å². The summed E-state index contributed by atoms with van der Waals surface area (Å²) in [4.78, 5) is 0. The molecule has 1 aliphatic rings. The molecule has 2 heterocycles. The van der Waals surface area contributed by atoms with Gasteiger partial charge in [-0.05, 0) is 122 Å². The van der Waals surface area contributed by atoms with Gasteiger partial charge in [-0.25, -0.2) is 0 Å². The van der Waals surface area contributed by atoms with Gasteiger partial charge in [0.1, 0.15) is 0 Å². The molecule has 0 unspecified atom stereocenters. The van der Waals surface area contributed by atoms with Crippen molar-refractivity contribution in [2.24, 2.45) is 0 Å². The van der Waals surface area contributed by atoms with Crippen LogP contribution < -0.4 is 0 Å². The van der Waals surface area contributed by atoms with Gasteiger partial charge in [-0.1, -0.05) is 166 Å². The highest BCUT2D eigenvalue weighted by Gasteiger charge is 2.35. The molecule has 0 atom stereocenters. The van der Waals surface area contributed by atoms with Crippen molar-refractivity contribution in [3.63, 3.8) is 0 Å². The SMILES string of the molecule is CC1(C)c2cc(C=Cc3ccc4c(c3)c3ccccc3n4-c3ccccc3)ccc2-c2ccc(-c3ccc4c(c3)c3ccccc3n4-c3ccc(-c4ccccc4)cc3)cc21. The van der Waals surface area contributed by atoms with Crippen molar-refractivity contribution in [1.82, 2.24) is 9.13 Å². The average molecular weight is 779 g/mol. The molecule has 0 spiro atoms. The Morgan fingerprint density at radius 3 is 1.46 bits per heavy atom. The zero-order valence-electron chi connectivity index (χ0n) is 34.2. The Morgan fingerprint density at radius 1 is 0.328 bits per heavy atom. The number of hydrogen-bond donors (Lipinski definition) is 0. The largest absolute Gasteiger partial charge is 0.309 e. The lowest BCUT2D eigenvalue weighted by Gasteiger charge is -2.22. The normalized spacial score (nSPS) is 13.1. The smallest absolute Gasteiger partial charge is 0.0541 e. The third-order valence-electron chi connectivity index (χ3n) is 13.1. The lowest BCUT2D eigenvalue weighted by molar-refractivity contribution is 0.660. The number of fused-ring (bicyclic) bond motifs is 9. The van der Waals surface area contributed by atoms with Crippen LogP contribution in [0.25, 0.3) is 101 Å². The van der Waals surface area contributed by atoms with E-state index in [1.165, 1.54) is 105 Å².